The van der Waals surface area contributed by atoms with E-state index in [1.54, 1.807) is 11.3 Å². The summed E-state index contributed by atoms with van der Waals surface area (Å²) in [6.07, 6.45) is 0. The molecule has 6 aromatic carbocycles. The van der Waals surface area contributed by atoms with E-state index in [-0.39, 0.29) is 0 Å². The lowest BCUT2D eigenvalue weighted by molar-refractivity contribution is 1.08. The molecule has 0 amide bonds. The third-order valence-corrected chi connectivity index (χ3v) is 8.69. The van der Waals surface area contributed by atoms with E-state index in [0.29, 0.717) is 17.5 Å². The average molecular weight is 542 g/mol. The monoisotopic (exact) mass is 541 g/mol. The molecule has 0 saturated heterocycles. The first-order valence-electron chi connectivity index (χ1n) is 13.6. The number of thiophene rings is 1. The molecule has 2 aromatic heterocycles. The van der Waals surface area contributed by atoms with Crippen LogP contribution in [0.25, 0.3) is 76.2 Å². The fourth-order valence-electron chi connectivity index (χ4n) is 5.67. The van der Waals surface area contributed by atoms with Gasteiger partial charge in [0.2, 0.25) is 0 Å². The molecule has 8 rings (SSSR count). The Kier molecular flexibility index (Phi) is 5.64. The molecule has 4 heteroatoms. The molecule has 3 nitrogen and oxygen atoms in total. The molecular weight excluding hydrogens is 518 g/mol. The maximum atomic E-state index is 5.17. The molecule has 0 fully saturated rings. The minimum Gasteiger partial charge on any atom is -0.208 e. The third-order valence-electron chi connectivity index (χ3n) is 7.56. The molecule has 0 radical (unpaired) electrons. The molecule has 0 unspecified atom stereocenters. The van der Waals surface area contributed by atoms with Crippen molar-refractivity contribution < 1.29 is 0 Å². The highest BCUT2D eigenvalue weighted by atomic mass is 32.1. The first-order valence-corrected chi connectivity index (χ1v) is 14.4. The molecule has 0 aliphatic rings. The van der Waals surface area contributed by atoms with E-state index in [1.807, 2.05) is 18.2 Å². The first-order chi connectivity index (χ1) is 20.3. The second kappa shape index (κ2) is 9.77. The van der Waals surface area contributed by atoms with Crippen LogP contribution >= 0.6 is 11.3 Å². The van der Waals surface area contributed by atoms with Gasteiger partial charge >= 0.3 is 0 Å². The van der Waals surface area contributed by atoms with Gasteiger partial charge in [-0.05, 0) is 34.0 Å². The molecule has 0 atom stereocenters. The van der Waals surface area contributed by atoms with Gasteiger partial charge in [0, 0.05) is 36.9 Å². The molecule has 0 aliphatic carbocycles. The highest BCUT2D eigenvalue weighted by Crippen LogP contribution is 2.40. The van der Waals surface area contributed by atoms with Crippen molar-refractivity contribution >= 4 is 42.3 Å². The van der Waals surface area contributed by atoms with Crippen LogP contribution in [0.15, 0.2) is 140 Å². The van der Waals surface area contributed by atoms with Gasteiger partial charge < -0.3 is 0 Å². The van der Waals surface area contributed by atoms with Crippen LogP contribution in [0.4, 0.5) is 0 Å². The van der Waals surface area contributed by atoms with E-state index in [9.17, 15) is 0 Å². The maximum absolute atomic E-state index is 5.17. The highest BCUT2D eigenvalue weighted by molar-refractivity contribution is 7.25. The Morgan fingerprint density at radius 2 is 0.854 bits per heavy atom. The fraction of sp³-hybridized carbons (Fsp3) is 0. The van der Waals surface area contributed by atoms with Gasteiger partial charge in [-0.1, -0.05) is 127 Å². The Morgan fingerprint density at radius 3 is 1.63 bits per heavy atom. The maximum Gasteiger partial charge on any atom is 0.164 e. The van der Waals surface area contributed by atoms with Crippen LogP contribution in [-0.2, 0) is 0 Å². The standard InChI is InChI=1S/C37H23N3S/c1-3-12-24(13-4-1)26-17-9-19-28-27(26)18-10-20-29(28)36-38-35(25-14-5-2-6-15-25)39-37(40-36)31-21-11-23-33-34(31)30-16-7-8-22-32(30)41-33/h1-23H. The second-order valence-electron chi connectivity index (χ2n) is 10.0. The Labute approximate surface area is 241 Å². The molecule has 41 heavy (non-hydrogen) atoms. The summed E-state index contributed by atoms with van der Waals surface area (Å²) in [5, 5.41) is 4.70. The topological polar surface area (TPSA) is 38.7 Å². The molecular formula is C37H23N3S. The summed E-state index contributed by atoms with van der Waals surface area (Å²) in [6.45, 7) is 0. The quantitative estimate of drug-likeness (QED) is 0.222. The van der Waals surface area contributed by atoms with Gasteiger partial charge in [0.1, 0.15) is 0 Å². The van der Waals surface area contributed by atoms with Gasteiger partial charge in [0.05, 0.1) is 0 Å². The van der Waals surface area contributed by atoms with Crippen molar-refractivity contribution in [3.05, 3.63) is 140 Å². The predicted molar refractivity (Wildman–Crippen MR) is 172 cm³/mol. The molecule has 8 aromatic rings. The number of hydrogen-bond donors (Lipinski definition) is 0. The van der Waals surface area contributed by atoms with Crippen molar-refractivity contribution in [2.24, 2.45) is 0 Å². The molecule has 0 spiro atoms. The lowest BCUT2D eigenvalue weighted by atomic mass is 9.95. The van der Waals surface area contributed by atoms with Crippen molar-refractivity contribution in [1.29, 1.82) is 0 Å². The largest absolute Gasteiger partial charge is 0.208 e. The van der Waals surface area contributed by atoms with E-state index in [0.717, 1.165) is 22.1 Å². The Morgan fingerprint density at radius 1 is 0.341 bits per heavy atom. The van der Waals surface area contributed by atoms with Gasteiger partial charge in [-0.2, -0.15) is 0 Å². The van der Waals surface area contributed by atoms with Crippen LogP contribution in [0.3, 0.4) is 0 Å². The van der Waals surface area contributed by atoms with Crippen molar-refractivity contribution in [1.82, 2.24) is 15.0 Å². The van der Waals surface area contributed by atoms with Crippen molar-refractivity contribution in [2.45, 2.75) is 0 Å². The van der Waals surface area contributed by atoms with E-state index in [4.69, 9.17) is 15.0 Å². The van der Waals surface area contributed by atoms with E-state index in [1.165, 1.54) is 36.7 Å². The number of fused-ring (bicyclic) bond motifs is 4. The van der Waals surface area contributed by atoms with Crippen molar-refractivity contribution in [2.75, 3.05) is 0 Å². The summed E-state index contributed by atoms with van der Waals surface area (Å²) in [5.41, 5.74) is 5.35. The van der Waals surface area contributed by atoms with Crippen LogP contribution < -0.4 is 0 Å². The predicted octanol–water partition coefficient (Wildman–Crippen LogP) is 10.1. The zero-order chi connectivity index (χ0) is 27.2. The Balaban J connectivity index is 1.41. The van der Waals surface area contributed by atoms with Crippen LogP contribution in [-0.4, -0.2) is 15.0 Å². The minimum atomic E-state index is 0.665. The van der Waals surface area contributed by atoms with E-state index >= 15 is 0 Å². The molecule has 192 valence electrons. The zero-order valence-corrected chi connectivity index (χ0v) is 22.8. The van der Waals surface area contributed by atoms with Crippen LogP contribution in [0.5, 0.6) is 0 Å². The minimum absolute atomic E-state index is 0.665. The summed E-state index contributed by atoms with van der Waals surface area (Å²) in [6, 6.07) is 48.5. The average Bonchev–Trinajstić information content (AvgIpc) is 3.44. The molecule has 0 aliphatic heterocycles. The van der Waals surface area contributed by atoms with E-state index in [2.05, 4.69) is 121 Å². The SMILES string of the molecule is c1ccc(-c2nc(-c3cccc4c(-c5ccccc5)cccc34)nc(-c3cccc4sc5ccccc5c34)n2)cc1. The van der Waals surface area contributed by atoms with Gasteiger partial charge in [0.15, 0.2) is 17.5 Å². The number of hydrogen-bond acceptors (Lipinski definition) is 4. The third kappa shape index (κ3) is 4.08. The summed E-state index contributed by atoms with van der Waals surface area (Å²) in [7, 11) is 0. The fourth-order valence-corrected chi connectivity index (χ4v) is 6.80. The highest BCUT2D eigenvalue weighted by Gasteiger charge is 2.18. The summed E-state index contributed by atoms with van der Waals surface area (Å²) in [5.74, 6) is 2.01. The van der Waals surface area contributed by atoms with Crippen LogP contribution in [0.1, 0.15) is 0 Å². The van der Waals surface area contributed by atoms with Crippen molar-refractivity contribution in [3.63, 3.8) is 0 Å². The zero-order valence-electron chi connectivity index (χ0n) is 22.0. The lowest BCUT2D eigenvalue weighted by Crippen LogP contribution is -2.01. The van der Waals surface area contributed by atoms with Gasteiger partial charge in [-0.3, -0.25) is 0 Å². The summed E-state index contributed by atoms with van der Waals surface area (Å²) < 4.78 is 2.49. The van der Waals surface area contributed by atoms with Gasteiger partial charge in [0.25, 0.3) is 0 Å². The van der Waals surface area contributed by atoms with Gasteiger partial charge in [-0.25, -0.2) is 15.0 Å². The summed E-state index contributed by atoms with van der Waals surface area (Å²) >= 11 is 1.80. The molecule has 0 N–H and O–H groups in total. The number of nitrogens with zero attached hydrogens (tertiary/aromatic N) is 3. The van der Waals surface area contributed by atoms with Crippen LogP contribution in [0.2, 0.25) is 0 Å². The molecule has 0 saturated carbocycles. The number of rotatable bonds is 4. The van der Waals surface area contributed by atoms with E-state index < -0.39 is 0 Å². The smallest absolute Gasteiger partial charge is 0.164 e. The van der Waals surface area contributed by atoms with Crippen LogP contribution in [0, 0.1) is 0 Å². The second-order valence-corrected chi connectivity index (χ2v) is 11.1. The Bertz CT molecular complexity index is 2200. The summed E-state index contributed by atoms with van der Waals surface area (Å²) in [4.78, 5) is 15.3. The normalized spacial score (nSPS) is 11.4. The van der Waals surface area contributed by atoms with Crippen molar-refractivity contribution in [3.8, 4) is 45.3 Å². The molecule has 2 heterocycles. The van der Waals surface area contributed by atoms with Gasteiger partial charge in [-0.15, -0.1) is 11.3 Å². The molecule has 0 bridgehead atoms. The first kappa shape index (κ1) is 23.7. The number of aromatic nitrogens is 3. The number of benzene rings is 6. The Hall–Kier alpha value is -5.19. The lowest BCUT2D eigenvalue weighted by Gasteiger charge is -2.13.